The molecule has 0 saturated carbocycles. The number of carbonyl (C=O) groups excluding carboxylic acids is 2. The second-order valence-electron chi connectivity index (χ2n) is 5.22. The van der Waals surface area contributed by atoms with Crippen molar-refractivity contribution in [3.8, 4) is 0 Å². The van der Waals surface area contributed by atoms with Gasteiger partial charge in [-0.1, -0.05) is 12.1 Å². The van der Waals surface area contributed by atoms with Crippen molar-refractivity contribution in [2.24, 2.45) is 5.73 Å². The molecule has 2 rings (SSSR count). The molecule has 1 fully saturated rings. The SMILES string of the molecule is NC(=O)OC(C(=O)N1CCC(F)(F)C1)C(O)c1ccc(F)cc1. The standard InChI is InChI=1S/C14H15F3N2O4/c15-9-3-1-8(2-4-9)10(20)11(23-13(18)22)12(21)19-6-5-14(16,17)7-19/h1-4,10-11,20H,5-7H2,(H2,18,22). The van der Waals surface area contributed by atoms with Crippen molar-refractivity contribution in [1.82, 2.24) is 4.90 Å². The minimum atomic E-state index is -3.03. The molecule has 23 heavy (non-hydrogen) atoms. The number of nitrogens with two attached hydrogens (primary N) is 1. The Kier molecular flexibility index (Phi) is 4.79. The number of primary amides is 1. The number of halogens is 3. The molecule has 1 aromatic rings. The highest BCUT2D eigenvalue weighted by atomic mass is 19.3. The van der Waals surface area contributed by atoms with Crippen molar-refractivity contribution in [3.05, 3.63) is 35.6 Å². The number of likely N-dealkylation sites (tertiary alicyclic amines) is 1. The largest absolute Gasteiger partial charge is 0.433 e. The number of nitrogens with zero attached hydrogens (tertiary/aromatic N) is 1. The Hall–Kier alpha value is -2.29. The van der Waals surface area contributed by atoms with Crippen LogP contribution in [-0.4, -0.2) is 47.1 Å². The summed E-state index contributed by atoms with van der Waals surface area (Å²) in [7, 11) is 0. The van der Waals surface area contributed by atoms with Crippen LogP contribution in [0.15, 0.2) is 24.3 Å². The first kappa shape index (κ1) is 17.1. The van der Waals surface area contributed by atoms with E-state index in [2.05, 4.69) is 4.74 Å². The Bertz CT molecular complexity index is 594. The zero-order valence-electron chi connectivity index (χ0n) is 11.9. The third-order valence-corrected chi connectivity index (χ3v) is 3.47. The molecule has 0 bridgehead atoms. The fraction of sp³-hybridized carbons (Fsp3) is 0.429. The molecule has 0 aliphatic carbocycles. The summed E-state index contributed by atoms with van der Waals surface area (Å²) >= 11 is 0. The molecule has 126 valence electrons. The maximum atomic E-state index is 13.2. The Morgan fingerprint density at radius 1 is 1.30 bits per heavy atom. The van der Waals surface area contributed by atoms with Crippen LogP contribution in [0.5, 0.6) is 0 Å². The van der Waals surface area contributed by atoms with E-state index in [1.165, 1.54) is 12.1 Å². The molecule has 1 heterocycles. The zero-order valence-corrected chi connectivity index (χ0v) is 11.9. The molecule has 3 N–H and O–H groups in total. The lowest BCUT2D eigenvalue weighted by molar-refractivity contribution is -0.146. The predicted octanol–water partition coefficient (Wildman–Crippen LogP) is 1.19. The fourth-order valence-electron chi connectivity index (χ4n) is 2.31. The lowest BCUT2D eigenvalue weighted by Gasteiger charge is -2.26. The lowest BCUT2D eigenvalue weighted by atomic mass is 10.0. The van der Waals surface area contributed by atoms with Crippen molar-refractivity contribution >= 4 is 12.0 Å². The Balaban J connectivity index is 2.20. The number of amides is 2. The summed E-state index contributed by atoms with van der Waals surface area (Å²) < 4.78 is 43.9. The van der Waals surface area contributed by atoms with Gasteiger partial charge in [0, 0.05) is 13.0 Å². The van der Waals surface area contributed by atoms with E-state index in [1.54, 1.807) is 0 Å². The molecule has 1 aromatic carbocycles. The summed E-state index contributed by atoms with van der Waals surface area (Å²) in [5, 5.41) is 10.2. The summed E-state index contributed by atoms with van der Waals surface area (Å²) in [4.78, 5) is 24.0. The molecule has 1 aliphatic heterocycles. The predicted molar refractivity (Wildman–Crippen MR) is 72.0 cm³/mol. The first-order valence-electron chi connectivity index (χ1n) is 6.76. The van der Waals surface area contributed by atoms with Gasteiger partial charge in [0.05, 0.1) is 6.54 Å². The molecule has 9 heteroatoms. The maximum Gasteiger partial charge on any atom is 0.405 e. The molecule has 1 saturated heterocycles. The summed E-state index contributed by atoms with van der Waals surface area (Å²) in [6.07, 6.45) is -5.30. The zero-order chi connectivity index (χ0) is 17.2. The molecule has 2 atom stereocenters. The number of hydrogen-bond acceptors (Lipinski definition) is 4. The topological polar surface area (TPSA) is 92.9 Å². The van der Waals surface area contributed by atoms with Crippen molar-refractivity contribution in [2.45, 2.75) is 24.6 Å². The van der Waals surface area contributed by atoms with Crippen LogP contribution in [0.3, 0.4) is 0 Å². The van der Waals surface area contributed by atoms with Gasteiger partial charge in [-0.25, -0.2) is 18.0 Å². The molecule has 0 radical (unpaired) electrons. The average molecular weight is 332 g/mol. The van der Waals surface area contributed by atoms with Gasteiger partial charge in [-0.2, -0.15) is 0 Å². The summed E-state index contributed by atoms with van der Waals surface area (Å²) in [5.74, 6) is -4.59. The number of alkyl halides is 2. The van der Waals surface area contributed by atoms with Crippen molar-refractivity contribution in [2.75, 3.05) is 13.1 Å². The number of carbonyl (C=O) groups is 2. The quantitative estimate of drug-likeness (QED) is 0.866. The van der Waals surface area contributed by atoms with Crippen LogP contribution in [0.2, 0.25) is 0 Å². The molecule has 2 unspecified atom stereocenters. The smallest absolute Gasteiger partial charge is 0.405 e. The third kappa shape index (κ3) is 4.13. The molecular formula is C14H15F3N2O4. The number of hydrogen-bond donors (Lipinski definition) is 2. The summed E-state index contributed by atoms with van der Waals surface area (Å²) in [6.45, 7) is -1.07. The highest BCUT2D eigenvalue weighted by Gasteiger charge is 2.44. The fourth-order valence-corrected chi connectivity index (χ4v) is 2.31. The third-order valence-electron chi connectivity index (χ3n) is 3.47. The van der Waals surface area contributed by atoms with Gasteiger partial charge in [0.2, 0.25) is 6.10 Å². The van der Waals surface area contributed by atoms with Crippen molar-refractivity contribution in [1.29, 1.82) is 0 Å². The van der Waals surface area contributed by atoms with E-state index in [4.69, 9.17) is 5.73 Å². The van der Waals surface area contributed by atoms with Crippen LogP contribution in [0, 0.1) is 5.82 Å². The maximum absolute atomic E-state index is 13.2. The second kappa shape index (κ2) is 6.45. The van der Waals surface area contributed by atoms with Gasteiger partial charge in [0.1, 0.15) is 11.9 Å². The molecule has 0 aromatic heterocycles. The Labute approximate surface area is 129 Å². The van der Waals surface area contributed by atoms with Crippen LogP contribution in [-0.2, 0) is 9.53 Å². The van der Waals surface area contributed by atoms with Crippen molar-refractivity contribution in [3.63, 3.8) is 0 Å². The molecule has 2 amide bonds. The minimum absolute atomic E-state index is 0.0805. The number of ether oxygens (including phenoxy) is 1. The first-order chi connectivity index (χ1) is 10.7. The molecule has 6 nitrogen and oxygen atoms in total. The van der Waals surface area contributed by atoms with Crippen molar-refractivity contribution < 1.29 is 32.6 Å². The molecular weight excluding hydrogens is 317 g/mol. The second-order valence-corrected chi connectivity index (χ2v) is 5.22. The van der Waals surface area contributed by atoms with Gasteiger partial charge in [-0.15, -0.1) is 0 Å². The van der Waals surface area contributed by atoms with Gasteiger partial charge in [-0.05, 0) is 17.7 Å². The molecule has 1 aliphatic rings. The highest BCUT2D eigenvalue weighted by molar-refractivity contribution is 5.84. The van der Waals surface area contributed by atoms with Gasteiger partial charge < -0.3 is 20.5 Å². The number of benzene rings is 1. The van der Waals surface area contributed by atoms with Crippen LogP contribution < -0.4 is 5.73 Å². The number of aliphatic hydroxyl groups is 1. The van der Waals surface area contributed by atoms with Gasteiger partial charge in [0.25, 0.3) is 11.8 Å². The number of rotatable bonds is 4. The van der Waals surface area contributed by atoms with E-state index in [9.17, 15) is 27.9 Å². The van der Waals surface area contributed by atoms with Gasteiger partial charge in [-0.3, -0.25) is 4.79 Å². The molecule has 0 spiro atoms. The minimum Gasteiger partial charge on any atom is -0.433 e. The average Bonchev–Trinajstić information content (AvgIpc) is 2.84. The van der Waals surface area contributed by atoms with Gasteiger partial charge >= 0.3 is 6.09 Å². The van der Waals surface area contributed by atoms with Gasteiger partial charge in [0.15, 0.2) is 0 Å². The normalized spacial score (nSPS) is 19.2. The summed E-state index contributed by atoms with van der Waals surface area (Å²) in [5.41, 5.74) is 4.95. The van der Waals surface area contributed by atoms with E-state index in [0.29, 0.717) is 0 Å². The van der Waals surface area contributed by atoms with E-state index in [-0.39, 0.29) is 12.1 Å². The van der Waals surface area contributed by atoms with E-state index in [0.717, 1.165) is 17.0 Å². The van der Waals surface area contributed by atoms with E-state index < -0.39 is 48.9 Å². The van der Waals surface area contributed by atoms with Crippen LogP contribution in [0.25, 0.3) is 0 Å². The van der Waals surface area contributed by atoms with Crippen LogP contribution >= 0.6 is 0 Å². The Morgan fingerprint density at radius 3 is 2.39 bits per heavy atom. The van der Waals surface area contributed by atoms with E-state index >= 15 is 0 Å². The number of aliphatic hydroxyl groups excluding tert-OH is 1. The lowest BCUT2D eigenvalue weighted by Crippen LogP contribution is -2.45. The summed E-state index contributed by atoms with van der Waals surface area (Å²) in [6, 6.07) is 4.44. The van der Waals surface area contributed by atoms with Crippen LogP contribution in [0.1, 0.15) is 18.1 Å². The Morgan fingerprint density at radius 2 is 1.91 bits per heavy atom. The monoisotopic (exact) mass is 332 g/mol. The highest BCUT2D eigenvalue weighted by Crippen LogP contribution is 2.29. The van der Waals surface area contributed by atoms with E-state index in [1.807, 2.05) is 0 Å². The van der Waals surface area contributed by atoms with Crippen LogP contribution in [0.4, 0.5) is 18.0 Å². The first-order valence-corrected chi connectivity index (χ1v) is 6.76.